The fraction of sp³-hybridized carbons (Fsp3) is 0.267. The Kier molecular flexibility index (Phi) is 4.37. The number of H-pyrrole nitrogens is 1. The van der Waals surface area contributed by atoms with Crippen LogP contribution in [0.25, 0.3) is 0 Å². The van der Waals surface area contributed by atoms with Crippen molar-refractivity contribution >= 4 is 17.6 Å². The highest BCUT2D eigenvalue weighted by atomic mass is 16.4. The second-order valence-electron chi connectivity index (χ2n) is 5.08. The van der Waals surface area contributed by atoms with E-state index in [0.717, 1.165) is 5.69 Å². The molecule has 2 rings (SSSR count). The highest BCUT2D eigenvalue weighted by Crippen LogP contribution is 2.14. The average molecular weight is 287 g/mol. The van der Waals surface area contributed by atoms with Crippen LogP contribution in [0.4, 0.5) is 5.69 Å². The molecule has 0 aliphatic carbocycles. The lowest BCUT2D eigenvalue weighted by Crippen LogP contribution is -2.12. The first kappa shape index (κ1) is 14.8. The van der Waals surface area contributed by atoms with Gasteiger partial charge in [0.05, 0.1) is 6.42 Å². The van der Waals surface area contributed by atoms with Crippen LogP contribution in [0.15, 0.2) is 30.3 Å². The average Bonchev–Trinajstić information content (AvgIpc) is 2.90. The first-order valence-electron chi connectivity index (χ1n) is 6.63. The number of benzene rings is 1. The van der Waals surface area contributed by atoms with E-state index in [1.165, 1.54) is 0 Å². The van der Waals surface area contributed by atoms with E-state index >= 15 is 0 Å². The van der Waals surface area contributed by atoms with E-state index in [1.807, 2.05) is 13.8 Å². The fourth-order valence-electron chi connectivity index (χ4n) is 1.82. The van der Waals surface area contributed by atoms with Gasteiger partial charge in [0.1, 0.15) is 0 Å². The van der Waals surface area contributed by atoms with Crippen LogP contribution in [-0.4, -0.2) is 27.2 Å². The topological polar surface area (TPSA) is 95.1 Å². The number of amides is 1. The number of carbonyl (C=O) groups is 2. The van der Waals surface area contributed by atoms with Gasteiger partial charge in [0.2, 0.25) is 0 Å². The molecule has 6 heteroatoms. The molecule has 0 fully saturated rings. The Hall–Kier alpha value is -2.63. The number of aromatic nitrogens is 2. The monoisotopic (exact) mass is 287 g/mol. The molecule has 0 aliphatic heterocycles. The summed E-state index contributed by atoms with van der Waals surface area (Å²) in [6, 6.07) is 8.42. The van der Waals surface area contributed by atoms with Crippen molar-refractivity contribution in [2.45, 2.75) is 26.2 Å². The lowest BCUT2D eigenvalue weighted by Gasteiger charge is -2.04. The molecule has 0 saturated heterocycles. The quantitative estimate of drug-likeness (QED) is 0.787. The molecular formula is C15H17N3O3. The molecule has 0 aliphatic rings. The third-order valence-corrected chi connectivity index (χ3v) is 3.02. The molecule has 0 saturated carbocycles. The van der Waals surface area contributed by atoms with Crippen molar-refractivity contribution < 1.29 is 14.7 Å². The maximum atomic E-state index is 12.0. The van der Waals surface area contributed by atoms with Gasteiger partial charge in [-0.15, -0.1) is 0 Å². The predicted molar refractivity (Wildman–Crippen MR) is 78.4 cm³/mol. The molecule has 1 aromatic carbocycles. The molecule has 3 N–H and O–H groups in total. The maximum Gasteiger partial charge on any atom is 0.307 e. The lowest BCUT2D eigenvalue weighted by molar-refractivity contribution is -0.136. The van der Waals surface area contributed by atoms with E-state index in [-0.39, 0.29) is 18.2 Å². The van der Waals surface area contributed by atoms with Crippen molar-refractivity contribution in [2.75, 3.05) is 5.32 Å². The van der Waals surface area contributed by atoms with Crippen molar-refractivity contribution in [2.24, 2.45) is 0 Å². The number of carboxylic acids is 1. The molecule has 1 heterocycles. The number of nitrogens with one attached hydrogen (secondary N) is 2. The zero-order valence-corrected chi connectivity index (χ0v) is 11.9. The summed E-state index contributed by atoms with van der Waals surface area (Å²) in [7, 11) is 0. The third kappa shape index (κ3) is 3.92. The van der Waals surface area contributed by atoms with Crippen LogP contribution >= 0.6 is 0 Å². The summed E-state index contributed by atoms with van der Waals surface area (Å²) in [4.78, 5) is 22.6. The van der Waals surface area contributed by atoms with Crippen LogP contribution in [0.2, 0.25) is 0 Å². The molecule has 1 amide bonds. The van der Waals surface area contributed by atoms with Gasteiger partial charge >= 0.3 is 5.97 Å². The van der Waals surface area contributed by atoms with Crippen LogP contribution in [0.1, 0.15) is 41.5 Å². The Morgan fingerprint density at radius 2 is 1.95 bits per heavy atom. The number of hydrogen-bond acceptors (Lipinski definition) is 3. The summed E-state index contributed by atoms with van der Waals surface area (Å²) < 4.78 is 0. The van der Waals surface area contributed by atoms with Gasteiger partial charge < -0.3 is 10.4 Å². The first-order valence-corrected chi connectivity index (χ1v) is 6.63. The minimum Gasteiger partial charge on any atom is -0.481 e. The number of hydrogen-bond donors (Lipinski definition) is 3. The minimum absolute atomic E-state index is 0.0364. The Balaban J connectivity index is 2.03. The van der Waals surface area contributed by atoms with Gasteiger partial charge in [0.15, 0.2) is 5.69 Å². The standard InChI is InChI=1S/C15H17N3O3/c1-9(2)12-8-13(18-17-12)15(21)16-11-5-3-10(4-6-11)7-14(19)20/h3-6,8-9H,7H2,1-2H3,(H,16,21)(H,17,18)(H,19,20). The van der Waals surface area contributed by atoms with Crippen molar-refractivity contribution in [3.05, 3.63) is 47.3 Å². The van der Waals surface area contributed by atoms with Crippen LogP contribution in [0.5, 0.6) is 0 Å². The predicted octanol–water partition coefficient (Wildman–Crippen LogP) is 2.41. The summed E-state index contributed by atoms with van der Waals surface area (Å²) >= 11 is 0. The first-order chi connectivity index (χ1) is 9.95. The van der Waals surface area contributed by atoms with E-state index in [1.54, 1.807) is 30.3 Å². The summed E-state index contributed by atoms with van der Waals surface area (Å²) in [5.41, 5.74) is 2.51. The van der Waals surface area contributed by atoms with Crippen LogP contribution in [0, 0.1) is 0 Å². The van der Waals surface area contributed by atoms with E-state index in [4.69, 9.17) is 5.11 Å². The molecule has 0 bridgehead atoms. The zero-order chi connectivity index (χ0) is 15.4. The Labute approximate surface area is 122 Å². The summed E-state index contributed by atoms with van der Waals surface area (Å²) in [5, 5.41) is 18.2. The van der Waals surface area contributed by atoms with Gasteiger partial charge in [-0.1, -0.05) is 26.0 Å². The molecular weight excluding hydrogens is 270 g/mol. The number of aliphatic carboxylic acids is 1. The second-order valence-corrected chi connectivity index (χ2v) is 5.08. The molecule has 0 spiro atoms. The Morgan fingerprint density at radius 3 is 2.48 bits per heavy atom. The number of rotatable bonds is 5. The largest absolute Gasteiger partial charge is 0.481 e. The molecule has 2 aromatic rings. The molecule has 0 unspecified atom stereocenters. The SMILES string of the molecule is CC(C)c1cc(C(=O)Nc2ccc(CC(=O)O)cc2)n[nH]1. The Morgan fingerprint density at radius 1 is 1.29 bits per heavy atom. The molecule has 21 heavy (non-hydrogen) atoms. The van der Waals surface area contributed by atoms with Gasteiger partial charge in [0.25, 0.3) is 5.91 Å². The van der Waals surface area contributed by atoms with Gasteiger partial charge in [-0.25, -0.2) is 0 Å². The van der Waals surface area contributed by atoms with Gasteiger partial charge in [-0.3, -0.25) is 14.7 Å². The summed E-state index contributed by atoms with van der Waals surface area (Å²) in [6.45, 7) is 4.02. The van der Waals surface area contributed by atoms with Gasteiger partial charge in [-0.05, 0) is 29.7 Å². The van der Waals surface area contributed by atoms with Crippen molar-refractivity contribution in [3.8, 4) is 0 Å². The van der Waals surface area contributed by atoms with Crippen molar-refractivity contribution in [1.29, 1.82) is 0 Å². The number of nitrogens with zero attached hydrogens (tertiary/aromatic N) is 1. The molecule has 1 aromatic heterocycles. The van der Waals surface area contributed by atoms with Crippen LogP contribution in [0.3, 0.4) is 0 Å². The number of aromatic amines is 1. The van der Waals surface area contributed by atoms with Gasteiger partial charge in [0, 0.05) is 11.4 Å². The summed E-state index contributed by atoms with van der Waals surface area (Å²) in [6.07, 6.45) is -0.0364. The fourth-order valence-corrected chi connectivity index (χ4v) is 1.82. The zero-order valence-electron chi connectivity index (χ0n) is 11.9. The van der Waals surface area contributed by atoms with Crippen molar-refractivity contribution in [1.82, 2.24) is 10.2 Å². The molecule has 110 valence electrons. The number of carboxylic acid groups (broad SMARTS) is 1. The van der Waals surface area contributed by atoms with Crippen LogP contribution in [-0.2, 0) is 11.2 Å². The Bertz CT molecular complexity index is 644. The lowest BCUT2D eigenvalue weighted by atomic mass is 10.1. The second kappa shape index (κ2) is 6.21. The highest BCUT2D eigenvalue weighted by Gasteiger charge is 2.12. The highest BCUT2D eigenvalue weighted by molar-refractivity contribution is 6.02. The summed E-state index contributed by atoms with van der Waals surface area (Å²) in [5.74, 6) is -0.914. The molecule has 0 atom stereocenters. The third-order valence-electron chi connectivity index (χ3n) is 3.02. The molecule has 0 radical (unpaired) electrons. The van der Waals surface area contributed by atoms with Crippen molar-refractivity contribution in [3.63, 3.8) is 0 Å². The number of anilines is 1. The van der Waals surface area contributed by atoms with Gasteiger partial charge in [-0.2, -0.15) is 5.10 Å². The smallest absolute Gasteiger partial charge is 0.307 e. The minimum atomic E-state index is -0.885. The normalized spacial score (nSPS) is 10.6. The van der Waals surface area contributed by atoms with E-state index < -0.39 is 5.97 Å². The van der Waals surface area contributed by atoms with E-state index in [9.17, 15) is 9.59 Å². The van der Waals surface area contributed by atoms with E-state index in [2.05, 4.69) is 15.5 Å². The molecule has 6 nitrogen and oxygen atoms in total. The van der Waals surface area contributed by atoms with Crippen LogP contribution < -0.4 is 5.32 Å². The van der Waals surface area contributed by atoms with E-state index in [0.29, 0.717) is 16.9 Å². The number of carbonyl (C=O) groups excluding carboxylic acids is 1. The maximum absolute atomic E-state index is 12.0.